The second-order valence-electron chi connectivity index (χ2n) is 5.32. The van der Waals surface area contributed by atoms with Crippen molar-refractivity contribution in [1.29, 1.82) is 0 Å². The summed E-state index contributed by atoms with van der Waals surface area (Å²) in [7, 11) is 3.17. The number of amides is 1. The highest BCUT2D eigenvalue weighted by Gasteiger charge is 2.28. The third-order valence-electron chi connectivity index (χ3n) is 3.87. The summed E-state index contributed by atoms with van der Waals surface area (Å²) in [6.07, 6.45) is 0.963. The van der Waals surface area contributed by atoms with Gasteiger partial charge < -0.3 is 15.0 Å². The normalized spacial score (nSPS) is 17.0. The van der Waals surface area contributed by atoms with Crippen LogP contribution in [0.2, 0.25) is 0 Å². The van der Waals surface area contributed by atoms with Crippen molar-refractivity contribution in [3.8, 4) is 0 Å². The highest BCUT2D eigenvalue weighted by molar-refractivity contribution is 5.84. The van der Waals surface area contributed by atoms with E-state index < -0.39 is 0 Å². The topological polar surface area (TPSA) is 58.6 Å². The summed E-state index contributed by atoms with van der Waals surface area (Å²) in [5, 5.41) is 3.29. The van der Waals surface area contributed by atoms with Crippen LogP contribution in [-0.4, -0.2) is 44.0 Å². The Kier molecular flexibility index (Phi) is 5.33. The highest BCUT2D eigenvalue weighted by atomic mass is 16.5. The van der Waals surface area contributed by atoms with Crippen molar-refractivity contribution >= 4 is 11.9 Å². The van der Waals surface area contributed by atoms with Gasteiger partial charge in [-0.1, -0.05) is 24.3 Å². The van der Waals surface area contributed by atoms with E-state index in [2.05, 4.69) is 16.1 Å². The highest BCUT2D eigenvalue weighted by Crippen LogP contribution is 2.25. The van der Waals surface area contributed by atoms with E-state index in [0.29, 0.717) is 25.9 Å². The fourth-order valence-electron chi connectivity index (χ4n) is 2.66. The minimum atomic E-state index is -0.236. The van der Waals surface area contributed by atoms with Crippen molar-refractivity contribution in [2.75, 3.05) is 27.2 Å². The summed E-state index contributed by atoms with van der Waals surface area (Å²) in [5.41, 5.74) is 2.30. The molecule has 0 saturated heterocycles. The smallest absolute Gasteiger partial charge is 0.305 e. The number of carbonyl (C=O) groups excluding carboxylic acids is 2. The van der Waals surface area contributed by atoms with Gasteiger partial charge in [0, 0.05) is 33.1 Å². The molecule has 0 saturated carbocycles. The number of carbonyl (C=O) groups is 2. The lowest BCUT2D eigenvalue weighted by Gasteiger charge is -2.29. The number of nitrogens with zero attached hydrogens (tertiary/aromatic N) is 1. The van der Waals surface area contributed by atoms with Crippen LogP contribution in [0.1, 0.15) is 29.9 Å². The molecule has 1 atom stereocenters. The van der Waals surface area contributed by atoms with Crippen LogP contribution >= 0.6 is 0 Å². The van der Waals surface area contributed by atoms with Crippen molar-refractivity contribution in [3.63, 3.8) is 0 Å². The maximum atomic E-state index is 12.6. The average Bonchev–Trinajstić information content (AvgIpc) is 2.53. The molecule has 0 bridgehead atoms. The lowest BCUT2D eigenvalue weighted by molar-refractivity contribution is -0.141. The number of benzene rings is 1. The predicted octanol–water partition coefficient (Wildman–Crippen LogP) is 1.28. The van der Waals surface area contributed by atoms with Gasteiger partial charge in [0.15, 0.2) is 0 Å². The quantitative estimate of drug-likeness (QED) is 0.830. The van der Waals surface area contributed by atoms with E-state index in [4.69, 9.17) is 0 Å². The number of fused-ring (bicyclic) bond motifs is 1. The summed E-state index contributed by atoms with van der Waals surface area (Å²) in [4.78, 5) is 25.4. The third kappa shape index (κ3) is 3.82. The molecule has 5 nitrogen and oxygen atoms in total. The number of likely N-dealkylation sites (N-methyl/N-ethyl adjacent to an activating group) is 1. The summed E-state index contributed by atoms with van der Waals surface area (Å²) in [6, 6.07) is 8.05. The average molecular weight is 290 g/mol. The molecule has 1 aromatic carbocycles. The van der Waals surface area contributed by atoms with Gasteiger partial charge in [0.1, 0.15) is 0 Å². The number of methoxy groups -OCH3 is 1. The molecule has 1 amide bonds. The van der Waals surface area contributed by atoms with E-state index in [9.17, 15) is 9.59 Å². The second-order valence-corrected chi connectivity index (χ2v) is 5.32. The van der Waals surface area contributed by atoms with Gasteiger partial charge in [-0.15, -0.1) is 0 Å². The number of rotatable bonds is 5. The van der Waals surface area contributed by atoms with E-state index in [1.807, 2.05) is 18.2 Å². The zero-order chi connectivity index (χ0) is 15.2. The molecule has 1 aromatic rings. The molecular formula is C16H22N2O3. The molecule has 21 heavy (non-hydrogen) atoms. The molecule has 2 rings (SSSR count). The van der Waals surface area contributed by atoms with Crippen molar-refractivity contribution in [1.82, 2.24) is 10.2 Å². The summed E-state index contributed by atoms with van der Waals surface area (Å²) in [5.74, 6) is -0.280. The maximum absolute atomic E-state index is 12.6. The third-order valence-corrected chi connectivity index (χ3v) is 3.87. The second kappa shape index (κ2) is 7.22. The minimum Gasteiger partial charge on any atom is -0.469 e. The summed E-state index contributed by atoms with van der Waals surface area (Å²) < 4.78 is 4.60. The zero-order valence-corrected chi connectivity index (χ0v) is 12.6. The molecule has 0 fully saturated rings. The molecular weight excluding hydrogens is 268 g/mol. The predicted molar refractivity (Wildman–Crippen MR) is 79.8 cm³/mol. The molecule has 1 aliphatic rings. The summed E-state index contributed by atoms with van der Waals surface area (Å²) in [6.45, 7) is 2.04. The van der Waals surface area contributed by atoms with Crippen molar-refractivity contribution in [2.45, 2.75) is 25.3 Å². The van der Waals surface area contributed by atoms with Gasteiger partial charge in [-0.25, -0.2) is 0 Å². The molecule has 0 aliphatic carbocycles. The van der Waals surface area contributed by atoms with E-state index in [-0.39, 0.29) is 17.8 Å². The molecule has 5 heteroatoms. The van der Waals surface area contributed by atoms with Crippen LogP contribution in [0, 0.1) is 0 Å². The Hall–Kier alpha value is -1.88. The van der Waals surface area contributed by atoms with Crippen LogP contribution in [0.4, 0.5) is 0 Å². The van der Waals surface area contributed by atoms with E-state index >= 15 is 0 Å². The first-order valence-electron chi connectivity index (χ1n) is 7.23. The molecule has 1 unspecified atom stereocenters. The Morgan fingerprint density at radius 2 is 2.14 bits per heavy atom. The van der Waals surface area contributed by atoms with Crippen LogP contribution in [0.3, 0.4) is 0 Å². The Labute approximate surface area is 125 Å². The Morgan fingerprint density at radius 1 is 1.38 bits per heavy atom. The van der Waals surface area contributed by atoms with Crippen LogP contribution in [0.5, 0.6) is 0 Å². The largest absolute Gasteiger partial charge is 0.469 e. The lowest BCUT2D eigenvalue weighted by atomic mass is 9.90. The number of hydrogen-bond donors (Lipinski definition) is 1. The molecule has 0 aromatic heterocycles. The van der Waals surface area contributed by atoms with E-state index in [0.717, 1.165) is 12.1 Å². The monoisotopic (exact) mass is 290 g/mol. The fourth-order valence-corrected chi connectivity index (χ4v) is 2.66. The Morgan fingerprint density at radius 3 is 2.90 bits per heavy atom. The molecule has 1 heterocycles. The number of ether oxygens (including phenoxy) is 1. The molecule has 0 radical (unpaired) electrons. The van der Waals surface area contributed by atoms with Gasteiger partial charge in [0.05, 0.1) is 13.0 Å². The van der Waals surface area contributed by atoms with Crippen molar-refractivity contribution in [2.24, 2.45) is 0 Å². The Balaban J connectivity index is 1.95. The first-order valence-corrected chi connectivity index (χ1v) is 7.23. The van der Waals surface area contributed by atoms with Crippen LogP contribution in [-0.2, 0) is 20.9 Å². The number of esters is 1. The SMILES string of the molecule is COC(=O)CCCN(C)C(=O)C1CNCc2ccccc21. The Bertz CT molecular complexity index is 516. The summed E-state index contributed by atoms with van der Waals surface area (Å²) >= 11 is 0. The van der Waals surface area contributed by atoms with Crippen LogP contribution < -0.4 is 5.32 Å². The van der Waals surface area contributed by atoms with Gasteiger partial charge in [-0.05, 0) is 17.5 Å². The standard InChI is InChI=1S/C16H22N2O3/c1-18(9-5-8-15(19)21-2)16(20)14-11-17-10-12-6-3-4-7-13(12)14/h3-4,6-7,14,17H,5,8-11H2,1-2H3. The van der Waals surface area contributed by atoms with Gasteiger partial charge in [-0.2, -0.15) is 0 Å². The van der Waals surface area contributed by atoms with Crippen LogP contribution in [0.15, 0.2) is 24.3 Å². The first-order chi connectivity index (χ1) is 10.1. The lowest BCUT2D eigenvalue weighted by Crippen LogP contribution is -2.40. The van der Waals surface area contributed by atoms with Gasteiger partial charge in [0.2, 0.25) is 5.91 Å². The number of nitrogens with one attached hydrogen (secondary N) is 1. The molecule has 1 aliphatic heterocycles. The van der Waals surface area contributed by atoms with Gasteiger partial charge in [0.25, 0.3) is 0 Å². The van der Waals surface area contributed by atoms with Crippen molar-refractivity contribution in [3.05, 3.63) is 35.4 Å². The fraction of sp³-hybridized carbons (Fsp3) is 0.500. The van der Waals surface area contributed by atoms with E-state index in [1.54, 1.807) is 11.9 Å². The van der Waals surface area contributed by atoms with Crippen molar-refractivity contribution < 1.29 is 14.3 Å². The molecule has 1 N–H and O–H groups in total. The molecule has 114 valence electrons. The zero-order valence-electron chi connectivity index (χ0n) is 12.6. The maximum Gasteiger partial charge on any atom is 0.305 e. The first kappa shape index (κ1) is 15.5. The van der Waals surface area contributed by atoms with E-state index in [1.165, 1.54) is 12.7 Å². The molecule has 0 spiro atoms. The number of hydrogen-bond acceptors (Lipinski definition) is 4. The van der Waals surface area contributed by atoms with Gasteiger partial charge in [-0.3, -0.25) is 9.59 Å². The minimum absolute atomic E-state index is 0.0968. The van der Waals surface area contributed by atoms with Gasteiger partial charge >= 0.3 is 5.97 Å². The van der Waals surface area contributed by atoms with Crippen LogP contribution in [0.25, 0.3) is 0 Å².